The van der Waals surface area contributed by atoms with E-state index >= 15 is 0 Å². The molecule has 0 aliphatic heterocycles. The molecule has 0 rings (SSSR count). The number of carbonyl (C=O) groups excluding carboxylic acids is 1. The van der Waals surface area contributed by atoms with Crippen molar-refractivity contribution in [2.75, 3.05) is 13.3 Å². The minimum Gasteiger partial charge on any atom is -0.357 e. The highest BCUT2D eigenvalue weighted by Crippen LogP contribution is 1.84. The zero-order chi connectivity index (χ0) is 8.69. The second-order valence-electron chi connectivity index (χ2n) is 2.09. The molecule has 0 aromatic rings. The Kier molecular flexibility index (Phi) is 5.11. The molecular weight excluding hydrogens is 142 g/mol. The van der Waals surface area contributed by atoms with E-state index in [4.69, 9.17) is 4.74 Å². The second-order valence-corrected chi connectivity index (χ2v) is 2.09. The average molecular weight is 155 g/mol. The number of hydrogen-bond donors (Lipinski definition) is 1. The Morgan fingerprint density at radius 1 is 1.73 bits per heavy atom. The van der Waals surface area contributed by atoms with E-state index in [1.54, 1.807) is 13.0 Å². The molecule has 0 radical (unpaired) electrons. The molecule has 0 heterocycles. The van der Waals surface area contributed by atoms with E-state index in [-0.39, 0.29) is 12.6 Å². The van der Waals surface area contributed by atoms with Crippen LogP contribution in [0.15, 0.2) is 24.8 Å². The molecule has 1 amide bonds. The molecule has 0 bridgehead atoms. The summed E-state index contributed by atoms with van der Waals surface area (Å²) in [6.07, 6.45) is 1.62. The normalized spacial score (nSPS) is 8.82. The van der Waals surface area contributed by atoms with Gasteiger partial charge in [-0.05, 0) is 6.92 Å². The summed E-state index contributed by atoms with van der Waals surface area (Å²) in [5.74, 6) is -0.186. The van der Waals surface area contributed by atoms with Gasteiger partial charge >= 0.3 is 0 Å². The third kappa shape index (κ3) is 5.36. The molecule has 0 unspecified atom stereocenters. The number of nitrogens with one attached hydrogen (secondary N) is 1. The average Bonchev–Trinajstić information content (AvgIpc) is 1.97. The lowest BCUT2D eigenvalue weighted by molar-refractivity contribution is -0.118. The lowest BCUT2D eigenvalue weighted by atomic mass is 10.3. The van der Waals surface area contributed by atoms with Crippen molar-refractivity contribution in [1.29, 1.82) is 0 Å². The van der Waals surface area contributed by atoms with Crippen LogP contribution >= 0.6 is 0 Å². The number of ether oxygens (including phenoxy) is 1. The maximum Gasteiger partial charge on any atom is 0.248 e. The highest BCUT2D eigenvalue weighted by Gasteiger charge is 1.97. The summed E-state index contributed by atoms with van der Waals surface area (Å²) < 4.78 is 4.91. The summed E-state index contributed by atoms with van der Waals surface area (Å²) in [4.78, 5) is 10.8. The highest BCUT2D eigenvalue weighted by atomic mass is 16.5. The predicted molar refractivity (Wildman–Crippen MR) is 44.0 cm³/mol. The molecule has 0 aromatic carbocycles. The van der Waals surface area contributed by atoms with Crippen LogP contribution < -0.4 is 5.32 Å². The van der Waals surface area contributed by atoms with Crippen LogP contribution in [-0.4, -0.2) is 19.2 Å². The fraction of sp³-hybridized carbons (Fsp3) is 0.375. The topological polar surface area (TPSA) is 38.3 Å². The quantitative estimate of drug-likeness (QED) is 0.276. The molecule has 0 aromatic heterocycles. The van der Waals surface area contributed by atoms with Gasteiger partial charge in [0.1, 0.15) is 6.73 Å². The first-order valence-electron chi connectivity index (χ1n) is 3.31. The van der Waals surface area contributed by atoms with E-state index in [0.717, 1.165) is 0 Å². The molecule has 0 atom stereocenters. The van der Waals surface area contributed by atoms with Gasteiger partial charge in [0.25, 0.3) is 0 Å². The lowest BCUT2D eigenvalue weighted by Gasteiger charge is -2.03. The van der Waals surface area contributed by atoms with Gasteiger partial charge in [0.2, 0.25) is 5.91 Å². The molecule has 0 saturated heterocycles. The zero-order valence-electron chi connectivity index (χ0n) is 6.72. The Morgan fingerprint density at radius 2 is 2.36 bits per heavy atom. The number of rotatable bonds is 5. The van der Waals surface area contributed by atoms with Crippen LogP contribution in [0.5, 0.6) is 0 Å². The Hall–Kier alpha value is -1.09. The molecule has 3 nitrogen and oxygen atoms in total. The van der Waals surface area contributed by atoms with Crippen molar-refractivity contribution in [2.24, 2.45) is 0 Å². The van der Waals surface area contributed by atoms with Gasteiger partial charge in [-0.25, -0.2) is 0 Å². The summed E-state index contributed by atoms with van der Waals surface area (Å²) in [7, 11) is 0. The predicted octanol–water partition coefficient (Wildman–Crippen LogP) is 0.839. The van der Waals surface area contributed by atoms with E-state index in [9.17, 15) is 4.79 Å². The van der Waals surface area contributed by atoms with Crippen molar-refractivity contribution in [3.63, 3.8) is 0 Å². The standard InChI is InChI=1S/C8H13NO2/c1-4-5-11-6-9-8(10)7(2)3/h4H,1-2,5-6H2,3H3,(H,9,10). The van der Waals surface area contributed by atoms with Crippen LogP contribution in [0.4, 0.5) is 0 Å². The maximum absolute atomic E-state index is 10.8. The van der Waals surface area contributed by atoms with Gasteiger partial charge in [-0.15, -0.1) is 6.58 Å². The molecule has 0 aliphatic carbocycles. The first-order chi connectivity index (χ1) is 5.18. The van der Waals surface area contributed by atoms with Gasteiger partial charge in [-0.3, -0.25) is 4.79 Å². The van der Waals surface area contributed by atoms with Crippen LogP contribution in [0.25, 0.3) is 0 Å². The van der Waals surface area contributed by atoms with Crippen LogP contribution in [0.3, 0.4) is 0 Å². The van der Waals surface area contributed by atoms with E-state index in [0.29, 0.717) is 12.2 Å². The third-order valence-corrected chi connectivity index (χ3v) is 0.958. The monoisotopic (exact) mass is 155 g/mol. The van der Waals surface area contributed by atoms with E-state index in [2.05, 4.69) is 18.5 Å². The van der Waals surface area contributed by atoms with E-state index in [1.807, 2.05) is 0 Å². The summed E-state index contributed by atoms with van der Waals surface area (Å²) in [6, 6.07) is 0. The Balaban J connectivity index is 3.31. The first-order valence-corrected chi connectivity index (χ1v) is 3.31. The summed E-state index contributed by atoms with van der Waals surface area (Å²) in [6.45, 7) is 9.21. The second kappa shape index (κ2) is 5.68. The minimum atomic E-state index is -0.186. The molecular formula is C8H13NO2. The lowest BCUT2D eigenvalue weighted by Crippen LogP contribution is -2.26. The van der Waals surface area contributed by atoms with Crippen LogP contribution in [0.1, 0.15) is 6.92 Å². The van der Waals surface area contributed by atoms with Gasteiger partial charge in [-0.1, -0.05) is 12.7 Å². The Morgan fingerprint density at radius 3 is 2.82 bits per heavy atom. The minimum absolute atomic E-state index is 0.186. The van der Waals surface area contributed by atoms with Crippen LogP contribution in [-0.2, 0) is 9.53 Å². The molecule has 1 N–H and O–H groups in total. The largest absolute Gasteiger partial charge is 0.357 e. The number of amides is 1. The van der Waals surface area contributed by atoms with Crippen molar-refractivity contribution in [3.8, 4) is 0 Å². The molecule has 0 aliphatic rings. The van der Waals surface area contributed by atoms with Crippen molar-refractivity contribution >= 4 is 5.91 Å². The zero-order valence-corrected chi connectivity index (χ0v) is 6.72. The van der Waals surface area contributed by atoms with Gasteiger partial charge < -0.3 is 10.1 Å². The van der Waals surface area contributed by atoms with Gasteiger partial charge in [0.15, 0.2) is 0 Å². The maximum atomic E-state index is 10.8. The number of hydrogen-bond acceptors (Lipinski definition) is 2. The van der Waals surface area contributed by atoms with Crippen LogP contribution in [0.2, 0.25) is 0 Å². The SMILES string of the molecule is C=CCOCNC(=O)C(=C)C. The van der Waals surface area contributed by atoms with Crippen molar-refractivity contribution < 1.29 is 9.53 Å². The fourth-order valence-electron chi connectivity index (χ4n) is 0.410. The smallest absolute Gasteiger partial charge is 0.248 e. The molecule has 0 saturated carbocycles. The number of carbonyl (C=O) groups is 1. The molecule has 0 spiro atoms. The highest BCUT2D eigenvalue weighted by molar-refractivity contribution is 5.91. The molecule has 0 fully saturated rings. The molecule has 62 valence electrons. The van der Waals surface area contributed by atoms with Crippen LogP contribution in [0, 0.1) is 0 Å². The molecule has 3 heteroatoms. The molecule has 11 heavy (non-hydrogen) atoms. The van der Waals surface area contributed by atoms with E-state index < -0.39 is 0 Å². The van der Waals surface area contributed by atoms with Gasteiger partial charge in [-0.2, -0.15) is 0 Å². The van der Waals surface area contributed by atoms with Crippen molar-refractivity contribution in [3.05, 3.63) is 24.8 Å². The summed E-state index contributed by atoms with van der Waals surface area (Å²) >= 11 is 0. The Labute approximate surface area is 66.7 Å². The van der Waals surface area contributed by atoms with E-state index in [1.165, 1.54) is 0 Å². The van der Waals surface area contributed by atoms with Crippen molar-refractivity contribution in [2.45, 2.75) is 6.92 Å². The van der Waals surface area contributed by atoms with Gasteiger partial charge in [0, 0.05) is 5.57 Å². The third-order valence-electron chi connectivity index (χ3n) is 0.958. The summed E-state index contributed by atoms with van der Waals surface area (Å²) in [5.41, 5.74) is 0.479. The van der Waals surface area contributed by atoms with Crippen molar-refractivity contribution in [1.82, 2.24) is 5.32 Å². The Bertz CT molecular complexity index is 163. The summed E-state index contributed by atoms with van der Waals surface area (Å²) in [5, 5.41) is 2.51. The fourth-order valence-corrected chi connectivity index (χ4v) is 0.410. The first kappa shape index (κ1) is 9.91. The van der Waals surface area contributed by atoms with Gasteiger partial charge in [0.05, 0.1) is 6.61 Å².